The van der Waals surface area contributed by atoms with Gasteiger partial charge in [-0.3, -0.25) is 4.98 Å². The summed E-state index contributed by atoms with van der Waals surface area (Å²) < 4.78 is 28.0. The highest BCUT2D eigenvalue weighted by Gasteiger charge is 2.08. The molecule has 0 aliphatic carbocycles. The number of hydrogen-bond acceptors (Lipinski definition) is 5. The molecule has 126 valence electrons. The third kappa shape index (κ3) is 4.14. The Balaban J connectivity index is 1.72. The third-order valence-electron chi connectivity index (χ3n) is 3.58. The molecule has 0 saturated heterocycles. The number of benzene rings is 1. The molecule has 0 fully saturated rings. The maximum Gasteiger partial charge on any atom is 0.148 e. The standard InChI is InChI=1S/C17H17ClN2O3S/c1-24(21,22)9-8-19-11-13-3-5-17(23-13)12-2-4-16-14(10-12)15(18)6-7-20-16/h2-7,10,19H,8-9,11H2,1H3. The second-order valence-corrected chi connectivity index (χ2v) is 8.26. The lowest BCUT2D eigenvalue weighted by Gasteiger charge is -2.03. The highest BCUT2D eigenvalue weighted by atomic mass is 35.5. The number of nitrogens with zero attached hydrogens (tertiary/aromatic N) is 1. The molecule has 3 aromatic rings. The van der Waals surface area contributed by atoms with Crippen LogP contribution in [0.2, 0.25) is 5.02 Å². The minimum absolute atomic E-state index is 0.108. The van der Waals surface area contributed by atoms with Gasteiger partial charge in [0.25, 0.3) is 0 Å². The second kappa shape index (κ2) is 6.93. The van der Waals surface area contributed by atoms with Gasteiger partial charge in [-0.1, -0.05) is 11.6 Å². The van der Waals surface area contributed by atoms with Crippen molar-refractivity contribution in [1.82, 2.24) is 10.3 Å². The summed E-state index contributed by atoms with van der Waals surface area (Å²) in [6.45, 7) is 0.873. The smallest absolute Gasteiger partial charge is 0.148 e. The van der Waals surface area contributed by atoms with Gasteiger partial charge in [0.05, 0.1) is 22.8 Å². The van der Waals surface area contributed by atoms with E-state index in [4.69, 9.17) is 16.0 Å². The SMILES string of the molecule is CS(=O)(=O)CCNCc1ccc(-c2ccc3nccc(Cl)c3c2)o1. The van der Waals surface area contributed by atoms with Crippen LogP contribution in [0.25, 0.3) is 22.2 Å². The highest BCUT2D eigenvalue weighted by Crippen LogP contribution is 2.28. The van der Waals surface area contributed by atoms with Crippen LogP contribution in [-0.2, 0) is 16.4 Å². The van der Waals surface area contributed by atoms with Crippen LogP contribution >= 0.6 is 11.6 Å². The Morgan fingerprint density at radius 2 is 2.04 bits per heavy atom. The van der Waals surface area contributed by atoms with Crippen LogP contribution in [0, 0.1) is 0 Å². The summed E-state index contributed by atoms with van der Waals surface area (Å²) in [4.78, 5) is 4.28. The monoisotopic (exact) mass is 364 g/mol. The molecule has 0 amide bonds. The van der Waals surface area contributed by atoms with Gasteiger partial charge in [0.1, 0.15) is 21.4 Å². The minimum Gasteiger partial charge on any atom is -0.460 e. The fourth-order valence-electron chi connectivity index (χ4n) is 2.36. The molecule has 0 aliphatic heterocycles. The first-order valence-electron chi connectivity index (χ1n) is 7.44. The third-order valence-corrected chi connectivity index (χ3v) is 4.86. The Kier molecular flexibility index (Phi) is 4.89. The summed E-state index contributed by atoms with van der Waals surface area (Å²) in [5, 5.41) is 4.58. The number of nitrogens with one attached hydrogen (secondary N) is 1. The lowest BCUT2D eigenvalue weighted by molar-refractivity contribution is 0.498. The molecule has 1 aromatic carbocycles. The molecule has 0 unspecified atom stereocenters. The molecule has 7 heteroatoms. The van der Waals surface area contributed by atoms with Crippen molar-refractivity contribution in [3.63, 3.8) is 0 Å². The highest BCUT2D eigenvalue weighted by molar-refractivity contribution is 7.90. The van der Waals surface area contributed by atoms with Gasteiger partial charge in [0.15, 0.2) is 0 Å². The summed E-state index contributed by atoms with van der Waals surface area (Å²) >= 11 is 6.21. The first-order valence-corrected chi connectivity index (χ1v) is 9.88. The molecular weight excluding hydrogens is 348 g/mol. The number of aromatic nitrogens is 1. The van der Waals surface area contributed by atoms with E-state index < -0.39 is 9.84 Å². The minimum atomic E-state index is -2.95. The number of rotatable bonds is 6. The predicted octanol–water partition coefficient (Wildman–Crippen LogP) is 3.28. The molecule has 3 rings (SSSR count). The van der Waals surface area contributed by atoms with Gasteiger partial charge in [-0.15, -0.1) is 0 Å². The molecule has 2 aromatic heterocycles. The molecule has 0 bridgehead atoms. The summed E-state index contributed by atoms with van der Waals surface area (Å²) in [6.07, 6.45) is 2.90. The number of halogens is 1. The second-order valence-electron chi connectivity index (χ2n) is 5.60. The molecule has 0 spiro atoms. The van der Waals surface area contributed by atoms with Crippen molar-refractivity contribution < 1.29 is 12.8 Å². The lowest BCUT2D eigenvalue weighted by Crippen LogP contribution is -2.21. The molecule has 24 heavy (non-hydrogen) atoms. The van der Waals surface area contributed by atoms with E-state index in [2.05, 4.69) is 10.3 Å². The van der Waals surface area contributed by atoms with Crippen molar-refractivity contribution >= 4 is 32.3 Å². The number of furan rings is 1. The number of pyridine rings is 1. The van der Waals surface area contributed by atoms with Crippen LogP contribution in [0.15, 0.2) is 47.0 Å². The van der Waals surface area contributed by atoms with Crippen molar-refractivity contribution in [2.75, 3.05) is 18.6 Å². The Morgan fingerprint density at radius 3 is 2.83 bits per heavy atom. The quantitative estimate of drug-likeness (QED) is 0.679. The molecule has 1 N–H and O–H groups in total. The average Bonchev–Trinajstić information content (AvgIpc) is 3.00. The maximum absolute atomic E-state index is 11.1. The fraction of sp³-hybridized carbons (Fsp3) is 0.235. The van der Waals surface area contributed by atoms with Crippen LogP contribution in [0.3, 0.4) is 0 Å². The summed E-state index contributed by atoms with van der Waals surface area (Å²) in [5.41, 5.74) is 1.75. The van der Waals surface area contributed by atoms with Gasteiger partial charge in [-0.2, -0.15) is 0 Å². The van der Waals surface area contributed by atoms with E-state index in [0.717, 1.165) is 28.0 Å². The van der Waals surface area contributed by atoms with E-state index in [1.165, 1.54) is 6.26 Å². The van der Waals surface area contributed by atoms with E-state index in [9.17, 15) is 8.42 Å². The van der Waals surface area contributed by atoms with E-state index in [1.54, 1.807) is 12.3 Å². The van der Waals surface area contributed by atoms with E-state index >= 15 is 0 Å². The van der Waals surface area contributed by atoms with Crippen LogP contribution < -0.4 is 5.32 Å². The first-order chi connectivity index (χ1) is 11.4. The number of hydrogen-bond donors (Lipinski definition) is 1. The number of fused-ring (bicyclic) bond motifs is 1. The molecule has 0 saturated carbocycles. The van der Waals surface area contributed by atoms with Crippen molar-refractivity contribution in [1.29, 1.82) is 0 Å². The van der Waals surface area contributed by atoms with Crippen LogP contribution in [0.4, 0.5) is 0 Å². The topological polar surface area (TPSA) is 72.2 Å². The zero-order valence-corrected chi connectivity index (χ0v) is 14.7. The van der Waals surface area contributed by atoms with Gasteiger partial charge in [0, 0.05) is 29.9 Å². The van der Waals surface area contributed by atoms with Gasteiger partial charge in [-0.25, -0.2) is 8.42 Å². The predicted molar refractivity (Wildman–Crippen MR) is 95.9 cm³/mol. The van der Waals surface area contributed by atoms with Gasteiger partial charge in [-0.05, 0) is 36.4 Å². The molecule has 0 aliphatic rings. The zero-order valence-electron chi connectivity index (χ0n) is 13.1. The van der Waals surface area contributed by atoms with Gasteiger partial charge >= 0.3 is 0 Å². The Hall–Kier alpha value is -1.89. The lowest BCUT2D eigenvalue weighted by atomic mass is 10.1. The Morgan fingerprint density at radius 1 is 1.21 bits per heavy atom. The van der Waals surface area contributed by atoms with Crippen LogP contribution in [0.1, 0.15) is 5.76 Å². The Bertz CT molecular complexity index is 967. The van der Waals surface area contributed by atoms with Crippen molar-refractivity contribution in [2.24, 2.45) is 0 Å². The summed E-state index contributed by atoms with van der Waals surface area (Å²) in [7, 11) is -2.95. The van der Waals surface area contributed by atoms with Crippen LogP contribution in [0.5, 0.6) is 0 Å². The fourth-order valence-corrected chi connectivity index (χ4v) is 3.09. The Labute approximate surface area is 145 Å². The van der Waals surface area contributed by atoms with Crippen molar-refractivity contribution in [2.45, 2.75) is 6.54 Å². The molecule has 0 radical (unpaired) electrons. The van der Waals surface area contributed by atoms with Crippen molar-refractivity contribution in [3.8, 4) is 11.3 Å². The molecule has 0 atom stereocenters. The van der Waals surface area contributed by atoms with Crippen molar-refractivity contribution in [3.05, 3.63) is 53.4 Å². The summed E-state index contributed by atoms with van der Waals surface area (Å²) in [6, 6.07) is 11.3. The molecular formula is C17H17ClN2O3S. The molecule has 5 nitrogen and oxygen atoms in total. The average molecular weight is 365 g/mol. The summed E-state index contributed by atoms with van der Waals surface area (Å²) in [5.74, 6) is 1.59. The normalized spacial score (nSPS) is 11.9. The largest absolute Gasteiger partial charge is 0.460 e. The van der Waals surface area contributed by atoms with E-state index in [0.29, 0.717) is 18.1 Å². The van der Waals surface area contributed by atoms with Crippen LogP contribution in [-0.4, -0.2) is 32.0 Å². The zero-order chi connectivity index (χ0) is 17.2. The van der Waals surface area contributed by atoms with Gasteiger partial charge in [0.2, 0.25) is 0 Å². The van der Waals surface area contributed by atoms with Gasteiger partial charge < -0.3 is 9.73 Å². The van der Waals surface area contributed by atoms with E-state index in [1.807, 2.05) is 30.3 Å². The first kappa shape index (κ1) is 17.0. The van der Waals surface area contributed by atoms with E-state index in [-0.39, 0.29) is 5.75 Å². The maximum atomic E-state index is 11.1. The molecule has 2 heterocycles. The number of sulfone groups is 1.